The van der Waals surface area contributed by atoms with Crippen molar-refractivity contribution in [2.24, 2.45) is 5.73 Å². The lowest BCUT2D eigenvalue weighted by atomic mass is 10.1. The van der Waals surface area contributed by atoms with Crippen LogP contribution in [0.1, 0.15) is 31.2 Å². The molecule has 0 bridgehead atoms. The first-order chi connectivity index (χ1) is 12.0. The van der Waals surface area contributed by atoms with Gasteiger partial charge in [-0.1, -0.05) is 48.0 Å². The van der Waals surface area contributed by atoms with Gasteiger partial charge < -0.3 is 16.8 Å². The van der Waals surface area contributed by atoms with Crippen molar-refractivity contribution in [3.8, 4) is 0 Å². The molecule has 1 amide bonds. The number of hydrogen-bond donors (Lipinski definition) is 3. The highest BCUT2D eigenvalue weighted by atomic mass is 32.1. The van der Waals surface area contributed by atoms with E-state index in [4.69, 9.17) is 11.5 Å². The van der Waals surface area contributed by atoms with Gasteiger partial charge in [-0.05, 0) is 19.1 Å². The van der Waals surface area contributed by atoms with E-state index in [-0.39, 0.29) is 17.0 Å². The van der Waals surface area contributed by atoms with E-state index in [0.29, 0.717) is 15.4 Å². The molecule has 0 spiro atoms. The Morgan fingerprint density at radius 3 is 2.24 bits per heavy atom. The first-order valence-corrected chi connectivity index (χ1v) is 8.44. The zero-order valence-corrected chi connectivity index (χ0v) is 14.4. The lowest BCUT2D eigenvalue weighted by molar-refractivity contribution is 0.100. The van der Waals surface area contributed by atoms with E-state index in [0.717, 1.165) is 22.6 Å². The molecule has 0 saturated carbocycles. The van der Waals surface area contributed by atoms with Crippen molar-refractivity contribution in [3.05, 3.63) is 76.2 Å². The monoisotopic (exact) mass is 351 g/mol. The second kappa shape index (κ2) is 6.78. The Morgan fingerprint density at radius 2 is 1.64 bits per heavy atom. The maximum Gasteiger partial charge on any atom is 0.253 e. The van der Waals surface area contributed by atoms with Crippen LogP contribution in [0.25, 0.3) is 0 Å². The van der Waals surface area contributed by atoms with Crippen LogP contribution in [-0.2, 0) is 0 Å². The number of hydrogen-bond acceptors (Lipinski definition) is 5. The number of carbonyl (C=O) groups excluding carboxylic acids is 2. The Balaban J connectivity index is 2.02. The van der Waals surface area contributed by atoms with Crippen LogP contribution in [0.5, 0.6) is 0 Å². The summed E-state index contributed by atoms with van der Waals surface area (Å²) in [5, 5.41) is 3.60. The maximum absolute atomic E-state index is 12.7. The van der Waals surface area contributed by atoms with Crippen LogP contribution in [0.2, 0.25) is 0 Å². The molecule has 0 aliphatic rings. The predicted molar refractivity (Wildman–Crippen MR) is 102 cm³/mol. The fourth-order valence-electron chi connectivity index (χ4n) is 2.43. The van der Waals surface area contributed by atoms with Crippen LogP contribution < -0.4 is 16.8 Å². The summed E-state index contributed by atoms with van der Waals surface area (Å²) >= 11 is 1.13. The van der Waals surface area contributed by atoms with Crippen molar-refractivity contribution in [3.63, 3.8) is 0 Å². The number of primary amides is 1. The zero-order chi connectivity index (χ0) is 18.0. The Morgan fingerprint density at radius 1 is 1.00 bits per heavy atom. The van der Waals surface area contributed by atoms with Crippen molar-refractivity contribution in [2.45, 2.75) is 6.92 Å². The van der Waals surface area contributed by atoms with Gasteiger partial charge in [0, 0.05) is 11.3 Å². The van der Waals surface area contributed by atoms with Gasteiger partial charge in [0.15, 0.2) is 0 Å². The van der Waals surface area contributed by atoms with Gasteiger partial charge in [-0.3, -0.25) is 9.59 Å². The van der Waals surface area contributed by atoms with E-state index in [1.807, 2.05) is 37.3 Å². The zero-order valence-electron chi connectivity index (χ0n) is 13.6. The summed E-state index contributed by atoms with van der Waals surface area (Å²) in [6, 6.07) is 16.4. The fourth-order valence-corrected chi connectivity index (χ4v) is 3.54. The van der Waals surface area contributed by atoms with Crippen molar-refractivity contribution in [1.29, 1.82) is 0 Å². The quantitative estimate of drug-likeness (QED) is 0.610. The van der Waals surface area contributed by atoms with Gasteiger partial charge in [0.25, 0.3) is 5.91 Å². The van der Waals surface area contributed by atoms with Crippen molar-refractivity contribution >= 4 is 39.4 Å². The first kappa shape index (κ1) is 16.7. The molecule has 0 atom stereocenters. The number of thiophene rings is 1. The van der Waals surface area contributed by atoms with Crippen LogP contribution in [-0.4, -0.2) is 11.7 Å². The van der Waals surface area contributed by atoms with Gasteiger partial charge in [-0.15, -0.1) is 11.3 Å². The highest BCUT2D eigenvalue weighted by Crippen LogP contribution is 2.38. The number of ketones is 1. The van der Waals surface area contributed by atoms with Crippen LogP contribution in [0, 0.1) is 6.92 Å². The molecule has 0 aliphatic heterocycles. The predicted octanol–water partition coefficient (Wildman–Crippen LogP) is 3.71. The standard InChI is InChI=1S/C19H17N3O2S/c1-11-7-9-13(10-8-11)22-19-14(18(21)24)15(20)17(25-19)16(23)12-5-3-2-4-6-12/h2-10,22H,20H2,1H3,(H2,21,24). The van der Waals surface area contributed by atoms with Crippen molar-refractivity contribution in [2.75, 3.05) is 11.1 Å². The number of aryl methyl sites for hydroxylation is 1. The number of rotatable bonds is 5. The molecular formula is C19H17N3O2S. The summed E-state index contributed by atoms with van der Waals surface area (Å²) in [5.41, 5.74) is 14.2. The van der Waals surface area contributed by atoms with E-state index in [1.165, 1.54) is 0 Å². The number of carbonyl (C=O) groups is 2. The molecule has 126 valence electrons. The molecule has 1 heterocycles. The minimum absolute atomic E-state index is 0.112. The Hall–Kier alpha value is -3.12. The largest absolute Gasteiger partial charge is 0.397 e. The van der Waals surface area contributed by atoms with Crippen molar-refractivity contribution < 1.29 is 9.59 Å². The average Bonchev–Trinajstić information content (AvgIpc) is 2.93. The molecule has 3 aromatic rings. The molecule has 2 aromatic carbocycles. The van der Waals surface area contributed by atoms with Crippen LogP contribution in [0.3, 0.4) is 0 Å². The Labute approximate surface area is 149 Å². The molecule has 5 nitrogen and oxygen atoms in total. The number of nitrogens with two attached hydrogens (primary N) is 2. The third-order valence-corrected chi connectivity index (χ3v) is 4.86. The summed E-state index contributed by atoms with van der Waals surface area (Å²) in [7, 11) is 0. The van der Waals surface area contributed by atoms with Gasteiger partial charge >= 0.3 is 0 Å². The molecule has 6 heteroatoms. The molecule has 25 heavy (non-hydrogen) atoms. The van der Waals surface area contributed by atoms with Gasteiger partial charge in [0.2, 0.25) is 5.78 Å². The molecule has 3 rings (SSSR count). The lowest BCUT2D eigenvalue weighted by Gasteiger charge is -2.06. The molecular weight excluding hydrogens is 334 g/mol. The van der Waals surface area contributed by atoms with Gasteiger partial charge in [-0.2, -0.15) is 0 Å². The molecule has 0 saturated heterocycles. The molecule has 5 N–H and O–H groups in total. The summed E-state index contributed by atoms with van der Waals surface area (Å²) in [5.74, 6) is -0.905. The number of nitrogens with one attached hydrogen (secondary N) is 1. The summed E-state index contributed by atoms with van der Waals surface area (Å²) in [4.78, 5) is 24.9. The van der Waals surface area contributed by atoms with Gasteiger partial charge in [-0.25, -0.2) is 0 Å². The summed E-state index contributed by atoms with van der Waals surface area (Å²) in [6.07, 6.45) is 0. The summed E-state index contributed by atoms with van der Waals surface area (Å²) < 4.78 is 0. The van der Waals surface area contributed by atoms with E-state index in [9.17, 15) is 9.59 Å². The molecule has 1 aromatic heterocycles. The lowest BCUT2D eigenvalue weighted by Crippen LogP contribution is -2.14. The minimum Gasteiger partial charge on any atom is -0.397 e. The average molecular weight is 351 g/mol. The highest BCUT2D eigenvalue weighted by Gasteiger charge is 2.25. The van der Waals surface area contributed by atoms with Gasteiger partial charge in [0.05, 0.1) is 11.3 Å². The second-order valence-corrected chi connectivity index (χ2v) is 6.62. The van der Waals surface area contributed by atoms with E-state index >= 15 is 0 Å². The minimum atomic E-state index is -0.671. The molecule has 0 fully saturated rings. The van der Waals surface area contributed by atoms with E-state index in [2.05, 4.69) is 5.32 Å². The van der Waals surface area contributed by atoms with Crippen LogP contribution in [0.15, 0.2) is 54.6 Å². The second-order valence-electron chi connectivity index (χ2n) is 5.60. The topological polar surface area (TPSA) is 98.2 Å². The van der Waals surface area contributed by atoms with E-state index in [1.54, 1.807) is 24.3 Å². The SMILES string of the molecule is Cc1ccc(Nc2sc(C(=O)c3ccccc3)c(N)c2C(N)=O)cc1. The van der Waals surface area contributed by atoms with Crippen molar-refractivity contribution in [1.82, 2.24) is 0 Å². The van der Waals surface area contributed by atoms with Gasteiger partial charge in [0.1, 0.15) is 9.88 Å². The van der Waals surface area contributed by atoms with E-state index < -0.39 is 5.91 Å². The van der Waals surface area contributed by atoms with Crippen LogP contribution >= 0.6 is 11.3 Å². The smallest absolute Gasteiger partial charge is 0.253 e. The number of benzene rings is 2. The highest BCUT2D eigenvalue weighted by molar-refractivity contribution is 7.19. The third kappa shape index (κ3) is 3.39. The normalized spacial score (nSPS) is 10.4. The Kier molecular flexibility index (Phi) is 4.54. The van der Waals surface area contributed by atoms with Crippen LogP contribution in [0.4, 0.5) is 16.4 Å². The maximum atomic E-state index is 12.7. The number of anilines is 3. The summed E-state index contributed by atoms with van der Waals surface area (Å²) in [6.45, 7) is 1.98. The Bertz CT molecular complexity index is 931. The molecule has 0 unspecified atom stereocenters. The number of amides is 1. The number of nitrogen functional groups attached to an aromatic ring is 1. The first-order valence-electron chi connectivity index (χ1n) is 7.63. The molecule has 0 radical (unpaired) electrons. The fraction of sp³-hybridized carbons (Fsp3) is 0.0526. The third-order valence-electron chi connectivity index (χ3n) is 3.74. The molecule has 0 aliphatic carbocycles.